The fourth-order valence-electron chi connectivity index (χ4n) is 3.84. The van der Waals surface area contributed by atoms with Crippen LogP contribution < -0.4 is 11.4 Å². The molecule has 0 aliphatic carbocycles. The summed E-state index contributed by atoms with van der Waals surface area (Å²) in [6.45, 7) is 11.7. The minimum Gasteiger partial charge on any atom is -0.384 e. The second-order valence-electron chi connectivity index (χ2n) is 13.2. The van der Waals surface area contributed by atoms with Gasteiger partial charge in [0.25, 0.3) is 5.85 Å². The zero-order chi connectivity index (χ0) is 36.6. The Hall–Kier alpha value is -1.44. The number of carbonyl (C=O) groups excluding carboxylic acids is 2. The quantitative estimate of drug-likeness (QED) is 0.164. The fraction of sp³-hybridized carbons (Fsp3) is 0.793. The second-order valence-corrected chi connectivity index (χ2v) is 17.0. The van der Waals surface area contributed by atoms with Gasteiger partial charge < -0.3 is 28.8 Å². The lowest BCUT2D eigenvalue weighted by molar-refractivity contribution is -0.206. The highest BCUT2D eigenvalue weighted by atomic mass is 32.2. The van der Waals surface area contributed by atoms with E-state index in [1.54, 1.807) is 41.5 Å². The third kappa shape index (κ3) is 12.7. The van der Waals surface area contributed by atoms with Crippen LogP contribution in [0.2, 0.25) is 0 Å². The van der Waals surface area contributed by atoms with Crippen molar-refractivity contribution in [1.29, 1.82) is 0 Å². The Balaban J connectivity index is 2.06. The third-order valence-corrected chi connectivity index (χ3v) is 10.5. The Morgan fingerprint density at radius 1 is 1.02 bits per heavy atom. The molecule has 0 amide bonds. The number of alkyl halides is 1. The molecule has 1 saturated heterocycles. The maximum Gasteiger partial charge on any atom is 0.475 e. The van der Waals surface area contributed by atoms with E-state index in [2.05, 4.69) is 4.42 Å². The molecule has 0 bridgehead atoms. The van der Waals surface area contributed by atoms with Crippen LogP contribution in [0.3, 0.4) is 0 Å². The van der Waals surface area contributed by atoms with Crippen molar-refractivity contribution >= 4 is 41.6 Å². The molecule has 2 rings (SSSR count). The molecule has 2 unspecified atom stereocenters. The molecule has 1 fully saturated rings. The highest BCUT2D eigenvalue weighted by Gasteiger charge is 2.64. The molecule has 2 heterocycles. The highest BCUT2D eigenvalue weighted by Crippen LogP contribution is 2.53. The van der Waals surface area contributed by atoms with Gasteiger partial charge >= 0.3 is 19.2 Å². The zero-order valence-electron chi connectivity index (χ0n) is 28.4. The van der Waals surface area contributed by atoms with Gasteiger partial charge in [0.15, 0.2) is 16.5 Å². The molecule has 1 aliphatic heterocycles. The predicted octanol–water partition coefficient (Wildman–Crippen LogP) is 3.30. The summed E-state index contributed by atoms with van der Waals surface area (Å²) < 4.78 is 66.9. The summed E-state index contributed by atoms with van der Waals surface area (Å²) in [6, 6.07) is 0.825. The summed E-state index contributed by atoms with van der Waals surface area (Å²) in [4.78, 5) is 47.7. The van der Waals surface area contributed by atoms with Crippen LogP contribution in [-0.4, -0.2) is 99.8 Å². The molecular weight excluding hydrogens is 700 g/mol. The Morgan fingerprint density at radius 2 is 1.58 bits per heavy atom. The number of aliphatic hydroxyl groups excluding tert-OH is 1. The number of phosphoric acid groups is 1. The first-order valence-electron chi connectivity index (χ1n) is 15.1. The van der Waals surface area contributed by atoms with Crippen molar-refractivity contribution in [2.24, 2.45) is 10.8 Å². The molecule has 1 aliphatic rings. The largest absolute Gasteiger partial charge is 0.475 e. The third-order valence-electron chi connectivity index (χ3n) is 6.50. The van der Waals surface area contributed by atoms with Crippen LogP contribution in [0.1, 0.15) is 61.6 Å². The van der Waals surface area contributed by atoms with Gasteiger partial charge in [-0.3, -0.25) is 27.7 Å². The van der Waals surface area contributed by atoms with Gasteiger partial charge in [0.1, 0.15) is 18.3 Å². The molecule has 0 aromatic carbocycles. The first kappa shape index (κ1) is 42.7. The minimum atomic E-state index is -4.65. The highest BCUT2D eigenvalue weighted by molar-refractivity contribution is 8.14. The normalized spacial score (nSPS) is 25.1. The Morgan fingerprint density at radius 3 is 2.12 bits per heavy atom. The molecule has 0 saturated carbocycles. The van der Waals surface area contributed by atoms with Gasteiger partial charge in [0.2, 0.25) is 0 Å². The summed E-state index contributed by atoms with van der Waals surface area (Å²) in [5.74, 6) is -3.82. The van der Waals surface area contributed by atoms with E-state index in [4.69, 9.17) is 27.8 Å². The van der Waals surface area contributed by atoms with E-state index < -0.39 is 66.5 Å². The lowest BCUT2D eigenvalue weighted by atomic mass is 9.95. The van der Waals surface area contributed by atoms with E-state index in [0.29, 0.717) is 16.1 Å². The van der Waals surface area contributed by atoms with Crippen LogP contribution in [-0.2, 0) is 41.9 Å². The molecule has 19 heteroatoms. The van der Waals surface area contributed by atoms with E-state index in [1.807, 2.05) is 0 Å². The summed E-state index contributed by atoms with van der Waals surface area (Å²) in [7, 11) is -4.65. The predicted molar refractivity (Wildman–Crippen MR) is 175 cm³/mol. The smallest absolute Gasteiger partial charge is 0.384 e. The van der Waals surface area contributed by atoms with Crippen LogP contribution in [0.15, 0.2) is 26.3 Å². The maximum absolute atomic E-state index is 16.0. The van der Waals surface area contributed by atoms with Gasteiger partial charge in [-0.15, -0.1) is 0 Å². The summed E-state index contributed by atoms with van der Waals surface area (Å²) in [6.07, 6.45) is -4.29. The van der Waals surface area contributed by atoms with Crippen LogP contribution >= 0.6 is 31.3 Å². The average molecular weight is 748 g/mol. The number of phosphoric ester groups is 1. The molecule has 15 nitrogen and oxygen atoms in total. The molecule has 0 spiro atoms. The number of hydrogen-bond acceptors (Lipinski definition) is 16. The van der Waals surface area contributed by atoms with E-state index in [-0.39, 0.29) is 43.3 Å². The number of ether oxygens (including phenoxy) is 3. The van der Waals surface area contributed by atoms with Crippen molar-refractivity contribution in [3.63, 3.8) is 0 Å². The number of carbonyl (C=O) groups is 2. The van der Waals surface area contributed by atoms with Crippen molar-refractivity contribution in [3.05, 3.63) is 33.2 Å². The Kier molecular flexibility index (Phi) is 15.7. The minimum absolute atomic E-state index is 0.0105. The molecule has 0 radical (unpaired) electrons. The summed E-state index contributed by atoms with van der Waals surface area (Å²) in [5, 5.41) is 21.5. The topological polar surface area (TPSA) is 199 Å². The van der Waals surface area contributed by atoms with Crippen LogP contribution in [0.4, 0.5) is 4.39 Å². The molecule has 276 valence electrons. The van der Waals surface area contributed by atoms with Gasteiger partial charge in [0, 0.05) is 34.6 Å². The van der Waals surface area contributed by atoms with E-state index in [1.165, 1.54) is 6.92 Å². The SMILES string of the molecule is CC(COCCSC(=O)C(C)(C)C)OP(=O)(OCCOCCSC(=O)C(C)(C)C)OC[C@@]1(F)O[C@@H](n2ccc(=O)oc2=O)[C@](C)(O)[C@@H]1O. The summed E-state index contributed by atoms with van der Waals surface area (Å²) in [5.41, 5.74) is -4.49. The molecule has 2 N–H and O–H groups in total. The van der Waals surface area contributed by atoms with Crippen LogP contribution in [0, 0.1) is 10.8 Å². The van der Waals surface area contributed by atoms with Crippen molar-refractivity contribution in [2.45, 2.75) is 85.3 Å². The monoisotopic (exact) mass is 747 g/mol. The van der Waals surface area contributed by atoms with Gasteiger partial charge in [-0.1, -0.05) is 65.1 Å². The van der Waals surface area contributed by atoms with Gasteiger partial charge in [-0.2, -0.15) is 0 Å². The van der Waals surface area contributed by atoms with Crippen LogP contribution in [0.25, 0.3) is 0 Å². The number of aliphatic hydroxyl groups is 2. The molecule has 48 heavy (non-hydrogen) atoms. The van der Waals surface area contributed by atoms with Crippen molar-refractivity contribution in [1.82, 2.24) is 4.57 Å². The first-order chi connectivity index (χ1) is 22.0. The van der Waals surface area contributed by atoms with E-state index >= 15 is 4.39 Å². The average Bonchev–Trinajstić information content (AvgIpc) is 3.14. The van der Waals surface area contributed by atoms with Crippen molar-refractivity contribution in [2.75, 3.05) is 51.1 Å². The Bertz CT molecular complexity index is 1390. The summed E-state index contributed by atoms with van der Waals surface area (Å²) >= 11 is 2.21. The molecular formula is C29H47FNO14PS2. The molecule has 1 aromatic rings. The standard InChI is InChI=1S/C29H47FNO14PS2/c1-19(17-40-14-16-48-24(35)27(5,6)7)45-46(38,41-12-11-39-13-15-47-23(34)26(2,3)4)42-18-29(30)21(33)28(8,37)22(44-29)31-10-9-20(32)43-25(31)36/h9-10,19,21-22,33,37H,11-18H2,1-8H3/t19?,21-,22+,28+,29+,46?/m0/s1. The lowest BCUT2D eigenvalue weighted by Gasteiger charge is -2.28. The van der Waals surface area contributed by atoms with E-state index in [9.17, 15) is 34.0 Å². The van der Waals surface area contributed by atoms with Crippen molar-refractivity contribution in [3.8, 4) is 0 Å². The number of nitrogens with zero attached hydrogens (tertiary/aromatic N) is 1. The number of aromatic nitrogens is 1. The number of hydrogen-bond donors (Lipinski definition) is 2. The number of halogens is 1. The lowest BCUT2D eigenvalue weighted by Crippen LogP contribution is -2.49. The Labute approximate surface area is 287 Å². The van der Waals surface area contributed by atoms with Gasteiger partial charge in [-0.05, 0) is 13.8 Å². The van der Waals surface area contributed by atoms with Gasteiger partial charge in [0.05, 0.1) is 39.1 Å². The van der Waals surface area contributed by atoms with Crippen molar-refractivity contribution < 1.29 is 61.0 Å². The van der Waals surface area contributed by atoms with E-state index in [0.717, 1.165) is 42.7 Å². The number of rotatable bonds is 18. The maximum atomic E-state index is 16.0. The molecule has 1 aromatic heterocycles. The van der Waals surface area contributed by atoms with Crippen LogP contribution in [0.5, 0.6) is 0 Å². The molecule has 6 atom stereocenters. The zero-order valence-corrected chi connectivity index (χ0v) is 31.0. The number of thioether (sulfide) groups is 2. The van der Waals surface area contributed by atoms with Gasteiger partial charge in [-0.25, -0.2) is 18.5 Å². The fourth-order valence-corrected chi connectivity index (χ4v) is 6.81. The second kappa shape index (κ2) is 17.7. The first-order valence-corrected chi connectivity index (χ1v) is 18.5.